The topological polar surface area (TPSA) is 78.0 Å². The molecule has 2 aromatic rings. The number of H-pyrrole nitrogens is 1. The van der Waals surface area contributed by atoms with Gasteiger partial charge in [0.05, 0.1) is 11.9 Å². The molecule has 1 heterocycles. The summed E-state index contributed by atoms with van der Waals surface area (Å²) in [6.07, 6.45) is 10.4. The van der Waals surface area contributed by atoms with Crippen LogP contribution in [0.3, 0.4) is 0 Å². The lowest BCUT2D eigenvalue weighted by Gasteiger charge is -2.00. The minimum absolute atomic E-state index is 0.391. The molecule has 0 saturated heterocycles. The summed E-state index contributed by atoms with van der Waals surface area (Å²) in [4.78, 5) is 18.6. The number of rotatable bonds is 6. The van der Waals surface area contributed by atoms with Crippen LogP contribution in [0, 0.1) is 0 Å². The summed E-state index contributed by atoms with van der Waals surface area (Å²) in [5.41, 5.74) is 5.77. The van der Waals surface area contributed by atoms with Gasteiger partial charge in [-0.05, 0) is 49.6 Å². The van der Waals surface area contributed by atoms with Crippen molar-refractivity contribution in [3.63, 3.8) is 0 Å². The van der Waals surface area contributed by atoms with E-state index < -0.39 is 11.7 Å². The van der Waals surface area contributed by atoms with E-state index >= 15 is 0 Å². The van der Waals surface area contributed by atoms with Crippen molar-refractivity contribution in [3.05, 3.63) is 89.8 Å². The van der Waals surface area contributed by atoms with Gasteiger partial charge in [-0.3, -0.25) is 10.0 Å². The fraction of sp³-hybridized carbons (Fsp3) is 0.250. The highest BCUT2D eigenvalue weighted by atomic mass is 19.1. The number of carbonyl (C=O) groups is 1. The second-order valence-corrected chi connectivity index (χ2v) is 5.89. The first-order valence-corrected chi connectivity index (χ1v) is 9.75. The Balaban J connectivity index is 0.000000905. The van der Waals surface area contributed by atoms with Gasteiger partial charge in [0.1, 0.15) is 11.7 Å². The van der Waals surface area contributed by atoms with Crippen LogP contribution in [0.15, 0.2) is 67.2 Å². The molecule has 0 saturated carbocycles. The second-order valence-electron chi connectivity index (χ2n) is 5.89. The molecule has 6 heteroatoms. The summed E-state index contributed by atoms with van der Waals surface area (Å²) in [6.45, 7) is 12.8. The van der Waals surface area contributed by atoms with E-state index in [1.165, 1.54) is 17.7 Å². The summed E-state index contributed by atoms with van der Waals surface area (Å²) in [7, 11) is 0. The van der Waals surface area contributed by atoms with Gasteiger partial charge in [0.25, 0.3) is 5.91 Å². The highest BCUT2D eigenvalue weighted by Crippen LogP contribution is 2.14. The zero-order valence-electron chi connectivity index (χ0n) is 18.4. The zero-order chi connectivity index (χ0) is 22.9. The van der Waals surface area contributed by atoms with Crippen molar-refractivity contribution >= 4 is 17.6 Å². The van der Waals surface area contributed by atoms with Crippen LogP contribution in [0.4, 0.5) is 4.39 Å². The van der Waals surface area contributed by atoms with Crippen molar-refractivity contribution in [2.24, 2.45) is 0 Å². The molecule has 2 rings (SSSR count). The smallest absolute Gasteiger partial charge is 0.267 e. The van der Waals surface area contributed by atoms with E-state index in [0.29, 0.717) is 0 Å². The highest BCUT2D eigenvalue weighted by molar-refractivity contribution is 5.90. The lowest BCUT2D eigenvalue weighted by Crippen LogP contribution is -2.14. The molecule has 1 aromatic heterocycles. The Morgan fingerprint density at radius 2 is 1.87 bits per heavy atom. The molecule has 0 spiro atoms. The van der Waals surface area contributed by atoms with E-state index in [2.05, 4.69) is 16.5 Å². The SMILES string of the molecule is C/C=C(\C)c1cnc(Cc2ccc(/C=C/C(=O)NO)cc2)[nH]1.C=C(F)/C=C\C.CC. The van der Waals surface area contributed by atoms with Crippen molar-refractivity contribution in [1.29, 1.82) is 0 Å². The highest BCUT2D eigenvalue weighted by Gasteiger charge is 2.03. The Morgan fingerprint density at radius 1 is 1.23 bits per heavy atom. The first kappa shape index (κ1) is 26.8. The van der Waals surface area contributed by atoms with Gasteiger partial charge in [0.15, 0.2) is 0 Å². The van der Waals surface area contributed by atoms with Crippen LogP contribution < -0.4 is 5.48 Å². The van der Waals surface area contributed by atoms with Gasteiger partial charge in [0, 0.05) is 12.5 Å². The third-order valence-corrected chi connectivity index (χ3v) is 3.72. The van der Waals surface area contributed by atoms with Crippen LogP contribution in [-0.4, -0.2) is 21.1 Å². The Morgan fingerprint density at radius 3 is 2.33 bits per heavy atom. The van der Waals surface area contributed by atoms with Gasteiger partial charge in [-0.15, -0.1) is 0 Å². The lowest BCUT2D eigenvalue weighted by atomic mass is 10.1. The number of nitrogens with zero attached hydrogens (tertiary/aromatic N) is 1. The Bertz CT molecular complexity index is 863. The van der Waals surface area contributed by atoms with Crippen molar-refractivity contribution in [1.82, 2.24) is 15.4 Å². The van der Waals surface area contributed by atoms with E-state index in [1.54, 1.807) is 24.6 Å². The van der Waals surface area contributed by atoms with Crippen LogP contribution >= 0.6 is 0 Å². The normalized spacial score (nSPS) is 10.8. The number of imidazole rings is 1. The molecule has 0 radical (unpaired) electrons. The molecule has 1 amide bonds. The maximum Gasteiger partial charge on any atom is 0.267 e. The van der Waals surface area contributed by atoms with Gasteiger partial charge in [-0.1, -0.05) is 56.8 Å². The lowest BCUT2D eigenvalue weighted by molar-refractivity contribution is -0.124. The first-order valence-electron chi connectivity index (χ1n) is 9.75. The monoisotopic (exact) mass is 413 g/mol. The van der Waals surface area contributed by atoms with Crippen LogP contribution in [0.5, 0.6) is 0 Å². The van der Waals surface area contributed by atoms with Crippen LogP contribution in [-0.2, 0) is 11.2 Å². The third-order valence-electron chi connectivity index (χ3n) is 3.72. The van der Waals surface area contributed by atoms with Crippen molar-refractivity contribution in [2.45, 2.75) is 41.0 Å². The van der Waals surface area contributed by atoms with Crippen LogP contribution in [0.25, 0.3) is 11.6 Å². The zero-order valence-corrected chi connectivity index (χ0v) is 18.4. The molecule has 5 nitrogen and oxygen atoms in total. The number of aromatic amines is 1. The molecule has 1 aromatic carbocycles. The Kier molecular flexibility index (Phi) is 14.0. The maximum absolute atomic E-state index is 11.4. The van der Waals surface area contributed by atoms with Crippen molar-refractivity contribution in [2.75, 3.05) is 0 Å². The number of hydrogen-bond acceptors (Lipinski definition) is 3. The predicted molar refractivity (Wildman–Crippen MR) is 123 cm³/mol. The Hall–Kier alpha value is -3.25. The van der Waals surface area contributed by atoms with Gasteiger partial charge < -0.3 is 4.98 Å². The predicted octanol–water partition coefficient (Wildman–Crippen LogP) is 6.01. The number of nitrogens with one attached hydrogen (secondary N) is 2. The molecule has 0 aliphatic rings. The van der Waals surface area contributed by atoms with Crippen LogP contribution in [0.2, 0.25) is 0 Å². The number of allylic oxidation sites excluding steroid dienone is 5. The molecule has 30 heavy (non-hydrogen) atoms. The maximum atomic E-state index is 11.4. The van der Waals surface area contributed by atoms with Gasteiger partial charge in [-0.2, -0.15) is 0 Å². The molecule has 0 atom stereocenters. The standard InChI is InChI=1S/C17H19N3O2.C5H7F.C2H6/c1-3-12(2)15-11-18-16(19-15)10-14-6-4-13(5-7-14)8-9-17(21)20-22;1-3-4-5(2)6;1-2/h3-9,11,22H,10H2,1-2H3,(H,18,19)(H,20,21);3-4H,2H2,1H3;1-2H3/b9-8+,12-3+;4-3-;. The molecule has 3 N–H and O–H groups in total. The molecule has 0 unspecified atom stereocenters. The number of hydrogen-bond donors (Lipinski definition) is 3. The summed E-state index contributed by atoms with van der Waals surface area (Å²) < 4.78 is 11.4. The largest absolute Gasteiger partial charge is 0.342 e. The van der Waals surface area contributed by atoms with Gasteiger partial charge in [0.2, 0.25) is 0 Å². The average molecular weight is 414 g/mol. The molecular weight excluding hydrogens is 381 g/mol. The fourth-order valence-corrected chi connectivity index (χ4v) is 2.14. The first-order chi connectivity index (χ1) is 14.4. The molecule has 0 bridgehead atoms. The molecule has 0 aliphatic carbocycles. The molecule has 0 fully saturated rings. The second kappa shape index (κ2) is 15.6. The van der Waals surface area contributed by atoms with E-state index in [0.717, 1.165) is 29.1 Å². The summed E-state index contributed by atoms with van der Waals surface area (Å²) in [5.74, 6) is -0.0248. The summed E-state index contributed by atoms with van der Waals surface area (Å²) in [5, 5.41) is 8.41. The molecular formula is C24H32FN3O2. The molecule has 0 aliphatic heterocycles. The van der Waals surface area contributed by atoms with E-state index in [9.17, 15) is 9.18 Å². The Labute approximate surface area is 178 Å². The van der Waals surface area contributed by atoms with Crippen molar-refractivity contribution < 1.29 is 14.4 Å². The number of aromatic nitrogens is 2. The number of carbonyl (C=O) groups excluding carboxylic acids is 1. The minimum Gasteiger partial charge on any atom is -0.342 e. The summed E-state index contributed by atoms with van der Waals surface area (Å²) >= 11 is 0. The van der Waals surface area contributed by atoms with Gasteiger partial charge >= 0.3 is 0 Å². The number of hydroxylamine groups is 1. The fourth-order valence-electron chi connectivity index (χ4n) is 2.14. The van der Waals surface area contributed by atoms with Crippen molar-refractivity contribution in [3.8, 4) is 0 Å². The number of amides is 1. The number of benzene rings is 1. The van der Waals surface area contributed by atoms with E-state index in [-0.39, 0.29) is 0 Å². The minimum atomic E-state index is -0.549. The molecule has 162 valence electrons. The average Bonchev–Trinajstić information content (AvgIpc) is 3.22. The quantitative estimate of drug-likeness (QED) is 0.235. The van der Waals surface area contributed by atoms with E-state index in [4.69, 9.17) is 5.21 Å². The van der Waals surface area contributed by atoms with E-state index in [1.807, 2.05) is 64.2 Å². The summed E-state index contributed by atoms with van der Waals surface area (Å²) in [6, 6.07) is 7.80. The van der Waals surface area contributed by atoms with Gasteiger partial charge in [-0.25, -0.2) is 14.9 Å². The third kappa shape index (κ3) is 10.9. The van der Waals surface area contributed by atoms with Crippen LogP contribution in [0.1, 0.15) is 57.3 Å². The number of halogens is 1.